The molecule has 3 aliphatic rings. The Balaban J connectivity index is 1.48. The molecule has 102 valence electrons. The van der Waals surface area contributed by atoms with E-state index in [-0.39, 0.29) is 5.41 Å². The van der Waals surface area contributed by atoms with Crippen molar-refractivity contribution in [3.63, 3.8) is 0 Å². The normalized spacial score (nSPS) is 37.1. The van der Waals surface area contributed by atoms with Crippen LogP contribution in [-0.2, 0) is 4.79 Å². The molecule has 0 spiro atoms. The second-order valence-electron chi connectivity index (χ2n) is 6.91. The lowest BCUT2D eigenvalue weighted by Crippen LogP contribution is -2.45. The summed E-state index contributed by atoms with van der Waals surface area (Å²) < 4.78 is 0. The predicted octanol–water partition coefficient (Wildman–Crippen LogP) is 2.06. The zero-order chi connectivity index (χ0) is 12.6. The second kappa shape index (κ2) is 4.84. The maximum absolute atomic E-state index is 12.2. The number of amides is 1. The van der Waals surface area contributed by atoms with Crippen molar-refractivity contribution < 1.29 is 4.79 Å². The van der Waals surface area contributed by atoms with E-state index >= 15 is 0 Å². The molecule has 3 saturated carbocycles. The van der Waals surface area contributed by atoms with Crippen molar-refractivity contribution in [2.45, 2.75) is 51.4 Å². The summed E-state index contributed by atoms with van der Waals surface area (Å²) in [5, 5.41) is 3.21. The number of hydrogen-bond acceptors (Lipinski definition) is 2. The van der Waals surface area contributed by atoms with Crippen LogP contribution in [0.2, 0.25) is 0 Å². The largest absolute Gasteiger partial charge is 0.355 e. The van der Waals surface area contributed by atoms with E-state index in [1.807, 2.05) is 0 Å². The van der Waals surface area contributed by atoms with E-state index < -0.39 is 0 Å². The number of hydrogen-bond donors (Lipinski definition) is 2. The van der Waals surface area contributed by atoms with Gasteiger partial charge in [0.1, 0.15) is 0 Å². The summed E-state index contributed by atoms with van der Waals surface area (Å²) >= 11 is 0. The first-order valence-electron chi connectivity index (χ1n) is 7.70. The molecular weight excluding hydrogens is 224 g/mol. The van der Waals surface area contributed by atoms with E-state index in [0.29, 0.717) is 11.8 Å². The van der Waals surface area contributed by atoms with E-state index in [1.54, 1.807) is 0 Å². The summed E-state index contributed by atoms with van der Waals surface area (Å²) in [6.07, 6.45) is 9.96. The second-order valence-corrected chi connectivity index (χ2v) is 6.91. The fraction of sp³-hybridized carbons (Fsp3) is 0.933. The van der Waals surface area contributed by atoms with Crippen molar-refractivity contribution in [3.8, 4) is 0 Å². The number of rotatable bonds is 4. The molecule has 0 aromatic carbocycles. The Bertz CT molecular complexity index is 312. The molecular formula is C15H26N2O. The number of carbonyl (C=O) groups is 1. The van der Waals surface area contributed by atoms with Gasteiger partial charge < -0.3 is 11.1 Å². The first kappa shape index (κ1) is 12.5. The molecule has 3 fully saturated rings. The smallest absolute Gasteiger partial charge is 0.223 e. The van der Waals surface area contributed by atoms with Crippen LogP contribution in [0.25, 0.3) is 0 Å². The Morgan fingerprint density at radius 1 is 1.11 bits per heavy atom. The fourth-order valence-corrected chi connectivity index (χ4v) is 4.10. The highest BCUT2D eigenvalue weighted by Gasteiger charge is 2.48. The van der Waals surface area contributed by atoms with Crippen LogP contribution < -0.4 is 11.1 Å². The lowest BCUT2D eigenvalue weighted by molar-refractivity contribution is -0.125. The lowest BCUT2D eigenvalue weighted by Gasteiger charge is -2.36. The molecule has 0 aromatic rings. The van der Waals surface area contributed by atoms with Gasteiger partial charge in [-0.1, -0.05) is 19.3 Å². The third kappa shape index (κ3) is 2.42. The van der Waals surface area contributed by atoms with Gasteiger partial charge in [0.25, 0.3) is 0 Å². The monoisotopic (exact) mass is 250 g/mol. The fourth-order valence-electron chi connectivity index (χ4n) is 4.10. The van der Waals surface area contributed by atoms with Gasteiger partial charge in [-0.15, -0.1) is 0 Å². The van der Waals surface area contributed by atoms with Crippen LogP contribution in [0.5, 0.6) is 0 Å². The molecule has 0 saturated heterocycles. The maximum Gasteiger partial charge on any atom is 0.223 e. The van der Waals surface area contributed by atoms with Gasteiger partial charge in [0, 0.05) is 12.5 Å². The van der Waals surface area contributed by atoms with Gasteiger partial charge in [0.2, 0.25) is 5.91 Å². The van der Waals surface area contributed by atoms with Gasteiger partial charge in [0.05, 0.1) is 0 Å². The molecule has 3 nitrogen and oxygen atoms in total. The van der Waals surface area contributed by atoms with Crippen molar-refractivity contribution in [1.29, 1.82) is 0 Å². The van der Waals surface area contributed by atoms with Crippen LogP contribution in [0.15, 0.2) is 0 Å². The molecule has 3 rings (SSSR count). The summed E-state index contributed by atoms with van der Waals surface area (Å²) in [6.45, 7) is 1.54. The molecule has 3 aliphatic carbocycles. The van der Waals surface area contributed by atoms with Crippen LogP contribution in [0.1, 0.15) is 51.4 Å². The summed E-state index contributed by atoms with van der Waals surface area (Å²) in [4.78, 5) is 12.2. The van der Waals surface area contributed by atoms with Crippen molar-refractivity contribution in [1.82, 2.24) is 5.32 Å². The Kier molecular flexibility index (Phi) is 3.35. The molecule has 18 heavy (non-hydrogen) atoms. The maximum atomic E-state index is 12.2. The van der Waals surface area contributed by atoms with Crippen molar-refractivity contribution in [2.24, 2.45) is 28.9 Å². The zero-order valence-electron chi connectivity index (χ0n) is 11.3. The Labute approximate surface area is 110 Å². The number of nitrogens with two attached hydrogens (primary N) is 1. The molecule has 0 heterocycles. The Morgan fingerprint density at radius 3 is 2.39 bits per heavy atom. The first-order chi connectivity index (χ1) is 8.72. The zero-order valence-corrected chi connectivity index (χ0v) is 11.3. The summed E-state index contributed by atoms with van der Waals surface area (Å²) in [6, 6.07) is 0. The summed E-state index contributed by atoms with van der Waals surface area (Å²) in [5.41, 5.74) is 6.16. The van der Waals surface area contributed by atoms with E-state index in [9.17, 15) is 4.79 Å². The average molecular weight is 250 g/mol. The van der Waals surface area contributed by atoms with Gasteiger partial charge in [-0.2, -0.15) is 0 Å². The SMILES string of the molecule is NCC1(CNC(=O)C2CC3CC3C2)CCCCC1. The molecule has 0 aromatic heterocycles. The highest BCUT2D eigenvalue weighted by molar-refractivity contribution is 5.79. The predicted molar refractivity (Wildman–Crippen MR) is 71.9 cm³/mol. The minimum absolute atomic E-state index is 0.204. The van der Waals surface area contributed by atoms with E-state index in [0.717, 1.165) is 37.8 Å². The van der Waals surface area contributed by atoms with Crippen molar-refractivity contribution in [3.05, 3.63) is 0 Å². The third-order valence-corrected chi connectivity index (χ3v) is 5.60. The molecule has 3 heteroatoms. The topological polar surface area (TPSA) is 55.1 Å². The minimum Gasteiger partial charge on any atom is -0.355 e. The quantitative estimate of drug-likeness (QED) is 0.802. The molecule has 0 bridgehead atoms. The lowest BCUT2D eigenvalue weighted by atomic mass is 9.74. The summed E-state index contributed by atoms with van der Waals surface area (Å²) in [5.74, 6) is 2.39. The van der Waals surface area contributed by atoms with Gasteiger partial charge in [-0.25, -0.2) is 0 Å². The van der Waals surface area contributed by atoms with E-state index in [4.69, 9.17) is 5.73 Å². The molecule has 1 amide bonds. The van der Waals surface area contributed by atoms with Crippen LogP contribution >= 0.6 is 0 Å². The molecule has 0 aliphatic heterocycles. The van der Waals surface area contributed by atoms with Crippen LogP contribution in [0, 0.1) is 23.2 Å². The molecule has 2 atom stereocenters. The van der Waals surface area contributed by atoms with Gasteiger partial charge >= 0.3 is 0 Å². The van der Waals surface area contributed by atoms with Gasteiger partial charge in [-0.3, -0.25) is 4.79 Å². The van der Waals surface area contributed by atoms with Gasteiger partial charge in [-0.05, 0) is 55.9 Å². The molecule has 0 radical (unpaired) electrons. The van der Waals surface area contributed by atoms with Crippen molar-refractivity contribution >= 4 is 5.91 Å². The third-order valence-electron chi connectivity index (χ3n) is 5.60. The number of fused-ring (bicyclic) bond motifs is 1. The van der Waals surface area contributed by atoms with E-state index in [2.05, 4.69) is 5.32 Å². The van der Waals surface area contributed by atoms with Crippen LogP contribution in [0.3, 0.4) is 0 Å². The minimum atomic E-state index is 0.204. The van der Waals surface area contributed by atoms with E-state index in [1.165, 1.54) is 38.5 Å². The highest BCUT2D eigenvalue weighted by Crippen LogP contribution is 2.54. The van der Waals surface area contributed by atoms with Crippen molar-refractivity contribution in [2.75, 3.05) is 13.1 Å². The number of nitrogens with one attached hydrogen (secondary N) is 1. The Hall–Kier alpha value is -0.570. The average Bonchev–Trinajstić information content (AvgIpc) is 3.03. The first-order valence-corrected chi connectivity index (χ1v) is 7.70. The van der Waals surface area contributed by atoms with Gasteiger partial charge in [0.15, 0.2) is 0 Å². The standard InChI is InChI=1S/C15H26N2O/c16-9-15(4-2-1-3-5-15)10-17-14(18)13-7-11-6-12(11)8-13/h11-13H,1-10,16H2,(H,17,18). The van der Waals surface area contributed by atoms with Crippen LogP contribution in [-0.4, -0.2) is 19.0 Å². The van der Waals surface area contributed by atoms with Crippen LogP contribution in [0.4, 0.5) is 0 Å². The number of carbonyl (C=O) groups excluding carboxylic acids is 1. The molecule has 2 unspecified atom stereocenters. The highest BCUT2D eigenvalue weighted by atomic mass is 16.1. The Morgan fingerprint density at radius 2 is 1.78 bits per heavy atom. The molecule has 3 N–H and O–H groups in total. The summed E-state index contributed by atoms with van der Waals surface area (Å²) in [7, 11) is 0.